The molecule has 2 atom stereocenters. The van der Waals surface area contributed by atoms with Crippen LogP contribution in [0.3, 0.4) is 0 Å². The molecule has 2 rings (SSSR count). The minimum Gasteiger partial charge on any atom is -0.370 e. The van der Waals surface area contributed by atoms with Crippen LogP contribution >= 0.6 is 11.8 Å². The van der Waals surface area contributed by atoms with Gasteiger partial charge < -0.3 is 10.6 Å². The minimum absolute atomic E-state index is 0.237. The topological polar surface area (TPSA) is 29.3 Å². The number of rotatable bonds is 3. The summed E-state index contributed by atoms with van der Waals surface area (Å²) in [6.07, 6.45) is 0.971. The number of hydrogen-bond acceptors (Lipinski definition) is 3. The van der Waals surface area contributed by atoms with Crippen molar-refractivity contribution < 1.29 is 0 Å². The highest BCUT2D eigenvalue weighted by atomic mass is 32.2. The normalized spacial score (nSPS) is 22.0. The van der Waals surface area contributed by atoms with E-state index < -0.39 is 0 Å². The first kappa shape index (κ1) is 13.8. The molecular weight excluding hydrogens is 240 g/mol. The monoisotopic (exact) mass is 264 g/mol. The standard InChI is InChI=1S/C15H24N2S/c1-11-8-15(5-4-14(11)9-12(2)16)17-6-7-18-13(3)10-17/h4-5,8,12-13H,6-7,9-10,16H2,1-3H3. The molecule has 2 nitrogen and oxygen atoms in total. The Morgan fingerprint density at radius 3 is 2.89 bits per heavy atom. The number of hydrogen-bond donors (Lipinski definition) is 1. The molecule has 1 fully saturated rings. The average Bonchev–Trinajstić information content (AvgIpc) is 2.31. The Morgan fingerprint density at radius 1 is 1.50 bits per heavy atom. The van der Waals surface area contributed by atoms with Crippen molar-refractivity contribution in [2.45, 2.75) is 38.5 Å². The van der Waals surface area contributed by atoms with Gasteiger partial charge in [0.05, 0.1) is 0 Å². The molecule has 1 aliphatic rings. The lowest BCUT2D eigenvalue weighted by atomic mass is 10.0. The summed E-state index contributed by atoms with van der Waals surface area (Å²) in [6, 6.07) is 7.06. The zero-order valence-electron chi connectivity index (χ0n) is 11.6. The van der Waals surface area contributed by atoms with Crippen LogP contribution in [-0.4, -0.2) is 30.1 Å². The predicted octanol–water partition coefficient (Wildman–Crippen LogP) is 2.83. The molecule has 0 radical (unpaired) electrons. The van der Waals surface area contributed by atoms with E-state index in [9.17, 15) is 0 Å². The summed E-state index contributed by atoms with van der Waals surface area (Å²) in [7, 11) is 0. The van der Waals surface area contributed by atoms with Gasteiger partial charge in [-0.2, -0.15) is 11.8 Å². The summed E-state index contributed by atoms with van der Waals surface area (Å²) in [5.41, 5.74) is 10.0. The lowest BCUT2D eigenvalue weighted by Gasteiger charge is -2.32. The van der Waals surface area contributed by atoms with Crippen LogP contribution in [0, 0.1) is 6.92 Å². The van der Waals surface area contributed by atoms with Crippen LogP contribution in [0.2, 0.25) is 0 Å². The molecule has 0 amide bonds. The van der Waals surface area contributed by atoms with E-state index in [-0.39, 0.29) is 6.04 Å². The molecule has 0 saturated carbocycles. The Bertz CT molecular complexity index is 403. The third-order valence-corrected chi connectivity index (χ3v) is 4.61. The first-order chi connectivity index (χ1) is 8.56. The van der Waals surface area contributed by atoms with Gasteiger partial charge in [-0.15, -0.1) is 0 Å². The molecule has 0 spiro atoms. The Hall–Kier alpha value is -0.670. The molecule has 0 bridgehead atoms. The maximum atomic E-state index is 5.88. The van der Waals surface area contributed by atoms with E-state index >= 15 is 0 Å². The van der Waals surface area contributed by atoms with E-state index in [4.69, 9.17) is 5.73 Å². The number of anilines is 1. The summed E-state index contributed by atoms with van der Waals surface area (Å²) in [4.78, 5) is 2.50. The van der Waals surface area contributed by atoms with Crippen molar-refractivity contribution in [2.75, 3.05) is 23.7 Å². The third kappa shape index (κ3) is 3.42. The van der Waals surface area contributed by atoms with E-state index in [1.54, 1.807) is 0 Å². The van der Waals surface area contributed by atoms with Crippen molar-refractivity contribution in [1.82, 2.24) is 0 Å². The highest BCUT2D eigenvalue weighted by Crippen LogP contribution is 2.25. The number of nitrogens with zero attached hydrogens (tertiary/aromatic N) is 1. The quantitative estimate of drug-likeness (QED) is 0.910. The number of nitrogens with two attached hydrogens (primary N) is 1. The van der Waals surface area contributed by atoms with E-state index in [1.165, 1.54) is 29.1 Å². The van der Waals surface area contributed by atoms with Gasteiger partial charge in [-0.05, 0) is 43.5 Å². The Labute approximate surface area is 115 Å². The smallest absolute Gasteiger partial charge is 0.0369 e. The lowest BCUT2D eigenvalue weighted by Crippen LogP contribution is -2.36. The van der Waals surface area contributed by atoms with E-state index in [0.29, 0.717) is 0 Å². The van der Waals surface area contributed by atoms with Gasteiger partial charge in [0.25, 0.3) is 0 Å². The second kappa shape index (κ2) is 5.98. The molecule has 2 N–H and O–H groups in total. The number of thioether (sulfide) groups is 1. The molecule has 1 aliphatic heterocycles. The van der Waals surface area contributed by atoms with Crippen molar-refractivity contribution in [3.8, 4) is 0 Å². The largest absolute Gasteiger partial charge is 0.370 e. The predicted molar refractivity (Wildman–Crippen MR) is 82.7 cm³/mol. The molecular formula is C15H24N2S. The molecule has 0 aromatic heterocycles. The summed E-state index contributed by atoms with van der Waals surface area (Å²) < 4.78 is 0. The van der Waals surface area contributed by atoms with Gasteiger partial charge in [-0.1, -0.05) is 13.0 Å². The summed E-state index contributed by atoms with van der Waals surface area (Å²) in [5, 5.41) is 0.739. The fourth-order valence-electron chi connectivity index (χ4n) is 2.51. The minimum atomic E-state index is 0.237. The Morgan fingerprint density at radius 2 is 2.28 bits per heavy atom. The first-order valence-corrected chi connectivity index (χ1v) is 7.83. The van der Waals surface area contributed by atoms with Crippen molar-refractivity contribution >= 4 is 17.4 Å². The summed E-state index contributed by atoms with van der Waals surface area (Å²) in [6.45, 7) is 8.91. The summed E-state index contributed by atoms with van der Waals surface area (Å²) in [5.74, 6) is 1.24. The molecule has 1 aromatic carbocycles. The van der Waals surface area contributed by atoms with Gasteiger partial charge >= 0.3 is 0 Å². The van der Waals surface area contributed by atoms with Crippen molar-refractivity contribution in [2.24, 2.45) is 5.73 Å². The van der Waals surface area contributed by atoms with Crippen LogP contribution < -0.4 is 10.6 Å². The first-order valence-electron chi connectivity index (χ1n) is 6.78. The maximum Gasteiger partial charge on any atom is 0.0369 e. The van der Waals surface area contributed by atoms with Crippen LogP contribution in [-0.2, 0) is 6.42 Å². The highest BCUT2D eigenvalue weighted by Gasteiger charge is 2.17. The van der Waals surface area contributed by atoms with E-state index in [2.05, 4.69) is 55.6 Å². The van der Waals surface area contributed by atoms with Gasteiger partial charge in [0.1, 0.15) is 0 Å². The molecule has 3 heteroatoms. The van der Waals surface area contributed by atoms with Gasteiger partial charge in [0.15, 0.2) is 0 Å². The zero-order chi connectivity index (χ0) is 13.1. The van der Waals surface area contributed by atoms with Crippen LogP contribution in [0.4, 0.5) is 5.69 Å². The van der Waals surface area contributed by atoms with Gasteiger partial charge in [-0.25, -0.2) is 0 Å². The van der Waals surface area contributed by atoms with Gasteiger partial charge in [0, 0.05) is 35.8 Å². The lowest BCUT2D eigenvalue weighted by molar-refractivity contribution is 0.733. The van der Waals surface area contributed by atoms with E-state index in [1.807, 2.05) is 0 Å². The fraction of sp³-hybridized carbons (Fsp3) is 0.600. The van der Waals surface area contributed by atoms with Crippen molar-refractivity contribution in [1.29, 1.82) is 0 Å². The molecule has 1 saturated heterocycles. The Balaban J connectivity index is 2.12. The van der Waals surface area contributed by atoms with Crippen molar-refractivity contribution in [3.05, 3.63) is 29.3 Å². The van der Waals surface area contributed by atoms with Gasteiger partial charge in [-0.3, -0.25) is 0 Å². The third-order valence-electron chi connectivity index (χ3n) is 3.47. The van der Waals surface area contributed by atoms with Crippen LogP contribution in [0.15, 0.2) is 18.2 Å². The molecule has 1 aromatic rings. The van der Waals surface area contributed by atoms with Crippen molar-refractivity contribution in [3.63, 3.8) is 0 Å². The summed E-state index contributed by atoms with van der Waals surface area (Å²) >= 11 is 2.07. The molecule has 18 heavy (non-hydrogen) atoms. The zero-order valence-corrected chi connectivity index (χ0v) is 12.5. The average molecular weight is 264 g/mol. The molecule has 1 heterocycles. The van der Waals surface area contributed by atoms with Crippen LogP contribution in [0.25, 0.3) is 0 Å². The maximum absolute atomic E-state index is 5.88. The highest BCUT2D eigenvalue weighted by molar-refractivity contribution is 8.00. The SMILES string of the molecule is Cc1cc(N2CCSC(C)C2)ccc1CC(C)N. The molecule has 2 unspecified atom stereocenters. The second-order valence-electron chi connectivity index (χ2n) is 5.42. The van der Waals surface area contributed by atoms with E-state index in [0.717, 1.165) is 18.2 Å². The van der Waals surface area contributed by atoms with Gasteiger partial charge in [0.2, 0.25) is 0 Å². The fourth-order valence-corrected chi connectivity index (χ4v) is 3.52. The molecule has 0 aliphatic carbocycles. The van der Waals surface area contributed by atoms with Crippen LogP contribution in [0.1, 0.15) is 25.0 Å². The number of benzene rings is 1. The molecule has 100 valence electrons. The number of aryl methyl sites for hydroxylation is 1. The van der Waals surface area contributed by atoms with Crippen LogP contribution in [0.5, 0.6) is 0 Å². The Kier molecular flexibility index (Phi) is 4.57. The second-order valence-corrected chi connectivity index (χ2v) is 6.97.